The topological polar surface area (TPSA) is 49.3 Å². The summed E-state index contributed by atoms with van der Waals surface area (Å²) in [5.41, 5.74) is 0.580. The van der Waals surface area contributed by atoms with Crippen molar-refractivity contribution in [1.29, 1.82) is 0 Å². The lowest BCUT2D eigenvalue weighted by Gasteiger charge is -2.21. The summed E-state index contributed by atoms with van der Waals surface area (Å²) < 4.78 is 0. The second-order valence-corrected chi connectivity index (χ2v) is 4.23. The maximum Gasteiger partial charge on any atom is 0.241 e. The predicted molar refractivity (Wildman–Crippen MR) is 64.0 cm³/mol. The van der Waals surface area contributed by atoms with Gasteiger partial charge in [0.25, 0.3) is 0 Å². The summed E-state index contributed by atoms with van der Waals surface area (Å²) >= 11 is 11.6. The van der Waals surface area contributed by atoms with E-state index < -0.39 is 0 Å². The van der Waals surface area contributed by atoms with Gasteiger partial charge in [0.1, 0.15) is 0 Å². The van der Waals surface area contributed by atoms with E-state index >= 15 is 0 Å². The fourth-order valence-corrected chi connectivity index (χ4v) is 1.42. The van der Waals surface area contributed by atoms with Crippen LogP contribution < -0.4 is 4.90 Å². The molecule has 0 unspecified atom stereocenters. The lowest BCUT2D eigenvalue weighted by molar-refractivity contribution is -0.127. The Bertz CT molecular complexity index is 397. The van der Waals surface area contributed by atoms with Crippen LogP contribution in [-0.4, -0.2) is 48.7 Å². The third kappa shape index (κ3) is 3.21. The van der Waals surface area contributed by atoms with Gasteiger partial charge >= 0.3 is 0 Å². The van der Waals surface area contributed by atoms with Crippen molar-refractivity contribution in [1.82, 2.24) is 15.1 Å². The summed E-state index contributed by atoms with van der Waals surface area (Å²) in [5.74, 6) is -0.0356. The first-order valence-corrected chi connectivity index (χ1v) is 5.27. The summed E-state index contributed by atoms with van der Waals surface area (Å²) in [4.78, 5) is 14.7. The molecule has 1 heterocycles. The Kier molecular flexibility index (Phi) is 4.32. The van der Waals surface area contributed by atoms with Crippen molar-refractivity contribution in [3.8, 4) is 0 Å². The van der Waals surface area contributed by atoms with E-state index in [0.717, 1.165) is 0 Å². The second kappa shape index (κ2) is 5.32. The van der Waals surface area contributed by atoms with Gasteiger partial charge in [0.15, 0.2) is 10.3 Å². The first-order valence-electron chi connectivity index (χ1n) is 4.52. The van der Waals surface area contributed by atoms with Crippen molar-refractivity contribution in [2.75, 3.05) is 32.6 Å². The van der Waals surface area contributed by atoms with Crippen LogP contribution in [0.15, 0.2) is 6.07 Å². The Morgan fingerprint density at radius 2 is 1.94 bits per heavy atom. The van der Waals surface area contributed by atoms with Crippen LogP contribution in [0.2, 0.25) is 10.3 Å². The Balaban J connectivity index is 2.84. The van der Waals surface area contributed by atoms with Gasteiger partial charge in [-0.05, 0) is 0 Å². The van der Waals surface area contributed by atoms with Gasteiger partial charge in [-0.15, -0.1) is 10.2 Å². The van der Waals surface area contributed by atoms with Crippen LogP contribution in [0.25, 0.3) is 0 Å². The quantitative estimate of drug-likeness (QED) is 0.825. The average Bonchev–Trinajstić information content (AvgIpc) is 2.21. The normalized spacial score (nSPS) is 10.1. The average molecular weight is 263 g/mol. The number of carbonyl (C=O) groups is 1. The van der Waals surface area contributed by atoms with E-state index in [1.165, 1.54) is 4.90 Å². The molecule has 0 aliphatic heterocycles. The molecule has 1 aromatic rings. The summed E-state index contributed by atoms with van der Waals surface area (Å²) in [6, 6.07) is 1.57. The Morgan fingerprint density at radius 1 is 1.31 bits per heavy atom. The van der Waals surface area contributed by atoms with Crippen molar-refractivity contribution in [3.05, 3.63) is 16.4 Å². The van der Waals surface area contributed by atoms with E-state index in [4.69, 9.17) is 23.2 Å². The standard InChI is InChI=1S/C9H12Cl2N4O/c1-14(2)8(16)5-15(3)6-4-7(10)12-13-9(6)11/h4H,5H2,1-3H3. The van der Waals surface area contributed by atoms with Crippen molar-refractivity contribution in [3.63, 3.8) is 0 Å². The molecule has 0 N–H and O–H groups in total. The Morgan fingerprint density at radius 3 is 2.50 bits per heavy atom. The minimum absolute atomic E-state index is 0.0356. The minimum atomic E-state index is -0.0356. The molecule has 0 aliphatic rings. The summed E-state index contributed by atoms with van der Waals surface area (Å²) in [6.45, 7) is 0.203. The molecule has 0 fully saturated rings. The largest absolute Gasteiger partial charge is 0.363 e. The summed E-state index contributed by atoms with van der Waals surface area (Å²) in [7, 11) is 5.12. The van der Waals surface area contributed by atoms with Crippen LogP contribution in [0.4, 0.5) is 5.69 Å². The van der Waals surface area contributed by atoms with E-state index in [0.29, 0.717) is 5.69 Å². The lowest BCUT2D eigenvalue weighted by Crippen LogP contribution is -2.34. The number of aromatic nitrogens is 2. The minimum Gasteiger partial charge on any atom is -0.363 e. The monoisotopic (exact) mass is 262 g/mol. The summed E-state index contributed by atoms with van der Waals surface area (Å²) in [6.07, 6.45) is 0. The Labute approximate surface area is 104 Å². The van der Waals surface area contributed by atoms with Crippen molar-refractivity contribution in [2.45, 2.75) is 0 Å². The highest BCUT2D eigenvalue weighted by molar-refractivity contribution is 6.33. The number of anilines is 1. The molecule has 0 saturated carbocycles. The molecule has 16 heavy (non-hydrogen) atoms. The van der Waals surface area contributed by atoms with Gasteiger partial charge in [0.05, 0.1) is 12.2 Å². The van der Waals surface area contributed by atoms with Crippen molar-refractivity contribution < 1.29 is 4.79 Å². The molecule has 5 nitrogen and oxygen atoms in total. The molecular weight excluding hydrogens is 251 g/mol. The zero-order chi connectivity index (χ0) is 12.3. The molecule has 88 valence electrons. The first kappa shape index (κ1) is 13.0. The molecule has 1 aromatic heterocycles. The number of likely N-dealkylation sites (N-methyl/N-ethyl adjacent to an activating group) is 2. The molecule has 0 aromatic carbocycles. The third-order valence-corrected chi connectivity index (χ3v) is 2.44. The van der Waals surface area contributed by atoms with Gasteiger partial charge in [-0.1, -0.05) is 23.2 Å². The van der Waals surface area contributed by atoms with Crippen LogP contribution in [0, 0.1) is 0 Å². The fraction of sp³-hybridized carbons (Fsp3) is 0.444. The lowest BCUT2D eigenvalue weighted by atomic mass is 10.4. The number of hydrogen-bond acceptors (Lipinski definition) is 4. The number of rotatable bonds is 3. The molecule has 0 saturated heterocycles. The first-order chi connectivity index (χ1) is 7.41. The number of nitrogens with zero attached hydrogens (tertiary/aromatic N) is 4. The molecule has 0 aliphatic carbocycles. The van der Waals surface area contributed by atoms with E-state index in [1.54, 1.807) is 32.1 Å². The number of halogens is 2. The maximum atomic E-state index is 11.5. The van der Waals surface area contributed by atoms with Gasteiger partial charge in [0, 0.05) is 27.2 Å². The zero-order valence-corrected chi connectivity index (χ0v) is 10.7. The van der Waals surface area contributed by atoms with Gasteiger partial charge in [-0.3, -0.25) is 4.79 Å². The van der Waals surface area contributed by atoms with Gasteiger partial charge in [-0.2, -0.15) is 0 Å². The highest BCUT2D eigenvalue weighted by Crippen LogP contribution is 2.23. The van der Waals surface area contributed by atoms with Crippen LogP contribution >= 0.6 is 23.2 Å². The molecule has 0 radical (unpaired) electrons. The smallest absolute Gasteiger partial charge is 0.241 e. The number of carbonyl (C=O) groups excluding carboxylic acids is 1. The molecular formula is C9H12Cl2N4O. The number of hydrogen-bond donors (Lipinski definition) is 0. The van der Waals surface area contributed by atoms with Crippen LogP contribution in [0.5, 0.6) is 0 Å². The molecule has 0 atom stereocenters. The molecule has 1 amide bonds. The predicted octanol–water partition coefficient (Wildman–Crippen LogP) is 1.31. The highest BCUT2D eigenvalue weighted by Gasteiger charge is 2.13. The van der Waals surface area contributed by atoms with Gasteiger partial charge in [0.2, 0.25) is 5.91 Å². The van der Waals surface area contributed by atoms with E-state index in [1.807, 2.05) is 0 Å². The Hall–Kier alpha value is -1.07. The van der Waals surface area contributed by atoms with E-state index in [2.05, 4.69) is 10.2 Å². The van der Waals surface area contributed by atoms with Crippen molar-refractivity contribution >= 4 is 34.8 Å². The molecule has 7 heteroatoms. The second-order valence-electron chi connectivity index (χ2n) is 3.49. The van der Waals surface area contributed by atoms with Crippen LogP contribution in [0.1, 0.15) is 0 Å². The van der Waals surface area contributed by atoms with Crippen LogP contribution in [0.3, 0.4) is 0 Å². The van der Waals surface area contributed by atoms with E-state index in [9.17, 15) is 4.79 Å². The maximum absolute atomic E-state index is 11.5. The van der Waals surface area contributed by atoms with Gasteiger partial charge < -0.3 is 9.80 Å². The van der Waals surface area contributed by atoms with E-state index in [-0.39, 0.29) is 22.8 Å². The zero-order valence-electron chi connectivity index (χ0n) is 9.24. The van der Waals surface area contributed by atoms with Crippen molar-refractivity contribution in [2.24, 2.45) is 0 Å². The SMILES string of the molecule is CN(C)C(=O)CN(C)c1cc(Cl)nnc1Cl. The highest BCUT2D eigenvalue weighted by atomic mass is 35.5. The number of amides is 1. The molecule has 0 bridgehead atoms. The summed E-state index contributed by atoms with van der Waals surface area (Å²) in [5, 5.41) is 7.73. The van der Waals surface area contributed by atoms with Gasteiger partial charge in [-0.25, -0.2) is 0 Å². The third-order valence-electron chi connectivity index (χ3n) is 1.98. The fourth-order valence-electron chi connectivity index (χ4n) is 1.04. The molecule has 0 spiro atoms. The molecule has 1 rings (SSSR count). The van der Waals surface area contributed by atoms with Crippen LogP contribution in [-0.2, 0) is 4.79 Å².